The summed E-state index contributed by atoms with van der Waals surface area (Å²) in [7, 11) is 0. The SMILES string of the molecule is CC1(C)c2ccccc2-c2c1ccc1c2Oc2ccc(-c3ccccc3-c3cc(-c4ccc(-c5ccccc5)cc4)nc(-c4ccc(-c5ccccc5)cc4)n3)cc2O1. The van der Waals surface area contributed by atoms with Crippen LogP contribution in [0.15, 0.2) is 194 Å². The molecule has 0 radical (unpaired) electrons. The van der Waals surface area contributed by atoms with Crippen molar-refractivity contribution in [2.45, 2.75) is 19.3 Å². The summed E-state index contributed by atoms with van der Waals surface area (Å²) in [4.78, 5) is 10.5. The number of nitrogens with zero attached hydrogens (tertiary/aromatic N) is 2. The lowest BCUT2D eigenvalue weighted by atomic mass is 9.82. The molecule has 0 unspecified atom stereocenters. The maximum absolute atomic E-state index is 6.73. The average Bonchev–Trinajstić information content (AvgIpc) is 3.54. The quantitative estimate of drug-likeness (QED) is 0.169. The molecule has 11 rings (SSSR count). The maximum Gasteiger partial charge on any atom is 0.178 e. The first kappa shape index (κ1) is 34.7. The van der Waals surface area contributed by atoms with Crippen molar-refractivity contribution in [1.82, 2.24) is 9.97 Å². The standard InChI is InChI=1S/C55H38N2O2/c1-55(2)45-20-12-11-19-44(45)52-46(55)30-32-50-53(52)59-49-31-29-41(33-51(49)58-50)42-17-9-10-18-43(42)48-34-47(39-25-21-37(22-26-39)35-13-5-3-6-14-35)56-54(57-48)40-27-23-38(24-28-40)36-15-7-4-8-16-36/h3-34H,1-2H3. The van der Waals surface area contributed by atoms with Crippen molar-refractivity contribution < 1.29 is 9.47 Å². The lowest BCUT2D eigenvalue weighted by Crippen LogP contribution is -2.15. The van der Waals surface area contributed by atoms with E-state index in [2.05, 4.69) is 184 Å². The van der Waals surface area contributed by atoms with Gasteiger partial charge in [-0.25, -0.2) is 9.97 Å². The van der Waals surface area contributed by atoms with E-state index < -0.39 is 0 Å². The lowest BCUT2D eigenvalue weighted by molar-refractivity contribution is 0.360. The van der Waals surface area contributed by atoms with Gasteiger partial charge in [-0.2, -0.15) is 0 Å². The summed E-state index contributed by atoms with van der Waals surface area (Å²) in [5.41, 5.74) is 16.0. The smallest absolute Gasteiger partial charge is 0.178 e. The Hall–Kier alpha value is -7.56. The van der Waals surface area contributed by atoms with Crippen LogP contribution < -0.4 is 9.47 Å². The average molecular weight is 759 g/mol. The highest BCUT2D eigenvalue weighted by atomic mass is 16.6. The molecular weight excluding hydrogens is 721 g/mol. The third kappa shape index (κ3) is 6.00. The second kappa shape index (κ2) is 13.8. The molecule has 0 atom stereocenters. The van der Waals surface area contributed by atoms with Crippen LogP contribution in [0.2, 0.25) is 0 Å². The molecule has 4 nitrogen and oxygen atoms in total. The zero-order valence-corrected chi connectivity index (χ0v) is 32.7. The first-order valence-corrected chi connectivity index (χ1v) is 20.1. The topological polar surface area (TPSA) is 44.2 Å². The molecule has 8 aromatic carbocycles. The Morgan fingerprint density at radius 3 is 1.58 bits per heavy atom. The van der Waals surface area contributed by atoms with Gasteiger partial charge in [0.05, 0.1) is 11.4 Å². The Morgan fingerprint density at radius 1 is 0.356 bits per heavy atom. The highest BCUT2D eigenvalue weighted by Crippen LogP contribution is 2.58. The molecule has 0 saturated heterocycles. The van der Waals surface area contributed by atoms with Crippen LogP contribution in [0.1, 0.15) is 25.0 Å². The molecule has 1 aliphatic carbocycles. The predicted octanol–water partition coefficient (Wildman–Crippen LogP) is 14.7. The van der Waals surface area contributed by atoms with Gasteiger partial charge in [-0.05, 0) is 74.3 Å². The molecule has 0 N–H and O–H groups in total. The van der Waals surface area contributed by atoms with Crippen molar-refractivity contribution in [3.63, 3.8) is 0 Å². The largest absolute Gasteiger partial charge is 0.449 e. The number of ether oxygens (including phenoxy) is 2. The van der Waals surface area contributed by atoms with Crippen LogP contribution in [-0.2, 0) is 5.41 Å². The minimum atomic E-state index is -0.129. The van der Waals surface area contributed by atoms with Crippen molar-refractivity contribution in [2.24, 2.45) is 0 Å². The fourth-order valence-electron chi connectivity index (χ4n) is 8.72. The molecule has 0 saturated carbocycles. The minimum Gasteiger partial charge on any atom is -0.449 e. The van der Waals surface area contributed by atoms with Gasteiger partial charge in [0.1, 0.15) is 0 Å². The summed E-state index contributed by atoms with van der Waals surface area (Å²) >= 11 is 0. The van der Waals surface area contributed by atoms with Crippen molar-refractivity contribution in [3.8, 4) is 101 Å². The first-order valence-electron chi connectivity index (χ1n) is 20.1. The molecule has 0 amide bonds. The van der Waals surface area contributed by atoms with Crippen LogP contribution in [0.3, 0.4) is 0 Å². The van der Waals surface area contributed by atoms with Crippen LogP contribution >= 0.6 is 0 Å². The van der Waals surface area contributed by atoms with Gasteiger partial charge in [-0.15, -0.1) is 0 Å². The molecule has 1 aliphatic heterocycles. The van der Waals surface area contributed by atoms with Crippen molar-refractivity contribution in [3.05, 3.63) is 205 Å². The lowest BCUT2D eigenvalue weighted by Gasteiger charge is -2.25. The van der Waals surface area contributed by atoms with Crippen molar-refractivity contribution in [2.75, 3.05) is 0 Å². The molecule has 4 heteroatoms. The van der Waals surface area contributed by atoms with E-state index in [1.807, 2.05) is 24.3 Å². The maximum atomic E-state index is 6.73. The number of fused-ring (bicyclic) bond motifs is 6. The van der Waals surface area contributed by atoms with Gasteiger partial charge in [0, 0.05) is 27.7 Å². The Labute approximate surface area is 344 Å². The van der Waals surface area contributed by atoms with Gasteiger partial charge >= 0.3 is 0 Å². The van der Waals surface area contributed by atoms with Crippen molar-refractivity contribution in [1.29, 1.82) is 0 Å². The second-order valence-corrected chi connectivity index (χ2v) is 15.7. The van der Waals surface area contributed by atoms with Crippen LogP contribution in [-0.4, -0.2) is 9.97 Å². The number of aromatic nitrogens is 2. The number of hydrogen-bond donors (Lipinski definition) is 0. The molecule has 1 aromatic heterocycles. The molecular formula is C55H38N2O2. The molecule has 2 aliphatic rings. The summed E-state index contributed by atoms with van der Waals surface area (Å²) in [6, 6.07) is 67.6. The zero-order chi connectivity index (χ0) is 39.5. The Bertz CT molecular complexity index is 2940. The molecule has 2 heterocycles. The van der Waals surface area contributed by atoms with Gasteiger partial charge in [-0.1, -0.05) is 184 Å². The van der Waals surface area contributed by atoms with E-state index >= 15 is 0 Å². The summed E-state index contributed by atoms with van der Waals surface area (Å²) in [5, 5.41) is 0. The van der Waals surface area contributed by atoms with Crippen LogP contribution in [0, 0.1) is 0 Å². The monoisotopic (exact) mass is 758 g/mol. The second-order valence-electron chi connectivity index (χ2n) is 15.7. The van der Waals surface area contributed by atoms with E-state index in [0.717, 1.165) is 67.4 Å². The van der Waals surface area contributed by atoms with Gasteiger partial charge in [-0.3, -0.25) is 0 Å². The van der Waals surface area contributed by atoms with E-state index in [4.69, 9.17) is 19.4 Å². The third-order valence-corrected chi connectivity index (χ3v) is 11.8. The molecule has 0 spiro atoms. The Kier molecular flexibility index (Phi) is 8.12. The van der Waals surface area contributed by atoms with Gasteiger partial charge in [0.15, 0.2) is 28.8 Å². The predicted molar refractivity (Wildman–Crippen MR) is 239 cm³/mol. The molecule has 280 valence electrons. The normalized spacial score (nSPS) is 13.0. The number of hydrogen-bond acceptors (Lipinski definition) is 4. The van der Waals surface area contributed by atoms with E-state index in [1.165, 1.54) is 27.8 Å². The summed E-state index contributed by atoms with van der Waals surface area (Å²) < 4.78 is 13.4. The summed E-state index contributed by atoms with van der Waals surface area (Å²) in [5.74, 6) is 3.52. The molecule has 59 heavy (non-hydrogen) atoms. The number of benzene rings is 8. The fourth-order valence-corrected chi connectivity index (χ4v) is 8.72. The highest BCUT2D eigenvalue weighted by molar-refractivity contribution is 5.89. The van der Waals surface area contributed by atoms with E-state index in [9.17, 15) is 0 Å². The summed E-state index contributed by atoms with van der Waals surface area (Å²) in [6.07, 6.45) is 0. The van der Waals surface area contributed by atoms with Gasteiger partial charge in [0.2, 0.25) is 0 Å². The fraction of sp³-hybridized carbons (Fsp3) is 0.0545. The molecule has 9 aromatic rings. The third-order valence-electron chi connectivity index (χ3n) is 11.8. The zero-order valence-electron chi connectivity index (χ0n) is 32.7. The summed E-state index contributed by atoms with van der Waals surface area (Å²) in [6.45, 7) is 4.55. The van der Waals surface area contributed by atoms with E-state index in [-0.39, 0.29) is 5.41 Å². The van der Waals surface area contributed by atoms with Crippen LogP contribution in [0.4, 0.5) is 0 Å². The van der Waals surface area contributed by atoms with Gasteiger partial charge < -0.3 is 9.47 Å². The number of rotatable bonds is 6. The highest BCUT2D eigenvalue weighted by Gasteiger charge is 2.39. The molecule has 0 fully saturated rings. The van der Waals surface area contributed by atoms with Crippen molar-refractivity contribution >= 4 is 0 Å². The first-order chi connectivity index (χ1) is 29.0. The Morgan fingerprint density at radius 2 is 0.881 bits per heavy atom. The van der Waals surface area contributed by atoms with Crippen LogP contribution in [0.5, 0.6) is 23.0 Å². The van der Waals surface area contributed by atoms with E-state index in [0.29, 0.717) is 17.3 Å². The minimum absolute atomic E-state index is 0.129. The van der Waals surface area contributed by atoms with Crippen LogP contribution in [0.25, 0.3) is 78.4 Å². The molecule has 0 bridgehead atoms. The Balaban J connectivity index is 0.988. The van der Waals surface area contributed by atoms with E-state index in [1.54, 1.807) is 0 Å². The van der Waals surface area contributed by atoms with Gasteiger partial charge in [0.25, 0.3) is 0 Å².